The first-order valence-corrected chi connectivity index (χ1v) is 15.9. The molecule has 3 aliphatic carbocycles. The Morgan fingerprint density at radius 1 is 1.02 bits per heavy atom. The van der Waals surface area contributed by atoms with Crippen LogP contribution in [0.25, 0.3) is 0 Å². The van der Waals surface area contributed by atoms with E-state index >= 15 is 0 Å². The van der Waals surface area contributed by atoms with Gasteiger partial charge in [-0.1, -0.05) is 63.2 Å². The lowest BCUT2D eigenvalue weighted by Crippen LogP contribution is -2.47. The van der Waals surface area contributed by atoms with Crippen LogP contribution in [0.3, 0.4) is 0 Å². The van der Waals surface area contributed by atoms with E-state index in [2.05, 4.69) is 31.1 Å². The van der Waals surface area contributed by atoms with E-state index in [1.165, 1.54) is 0 Å². The van der Waals surface area contributed by atoms with Crippen molar-refractivity contribution in [1.82, 2.24) is 10.3 Å². The number of pyridine rings is 1. The van der Waals surface area contributed by atoms with E-state index in [1.54, 1.807) is 23.4 Å². The van der Waals surface area contributed by atoms with Crippen molar-refractivity contribution in [2.75, 3.05) is 11.5 Å². The van der Waals surface area contributed by atoms with Gasteiger partial charge in [-0.2, -0.15) is 0 Å². The summed E-state index contributed by atoms with van der Waals surface area (Å²) in [6.45, 7) is 7.09. The molecule has 8 rings (SSSR count). The van der Waals surface area contributed by atoms with Crippen molar-refractivity contribution in [2.45, 2.75) is 69.6 Å². The van der Waals surface area contributed by atoms with Crippen LogP contribution in [0.2, 0.25) is 0 Å². The molecule has 2 saturated carbocycles. The number of anilines is 1. The van der Waals surface area contributed by atoms with E-state index in [9.17, 15) is 14.7 Å². The van der Waals surface area contributed by atoms with Gasteiger partial charge in [0.05, 0.1) is 24.9 Å². The molecular weight excluding hydrogens is 554 g/mol. The molecule has 8 heteroatoms. The van der Waals surface area contributed by atoms with Gasteiger partial charge in [0, 0.05) is 47.8 Å². The van der Waals surface area contributed by atoms with E-state index in [4.69, 9.17) is 9.47 Å². The lowest BCUT2D eigenvalue weighted by molar-refractivity contribution is -0.130. The molecule has 3 heterocycles. The van der Waals surface area contributed by atoms with Crippen LogP contribution in [-0.4, -0.2) is 47.0 Å². The third-order valence-electron chi connectivity index (χ3n) is 10.8. The number of carbonyl (C=O) groups excluding carboxylic acids is 2. The number of rotatable bonds is 6. The summed E-state index contributed by atoms with van der Waals surface area (Å²) in [5.41, 5.74) is 4.27. The second-order valence-corrected chi connectivity index (χ2v) is 14.3. The molecular formula is C36H39N3O5. The summed E-state index contributed by atoms with van der Waals surface area (Å²) in [5.74, 6) is 0.312. The number of nitrogens with one attached hydrogen (secondary N) is 1. The molecule has 228 valence electrons. The van der Waals surface area contributed by atoms with Gasteiger partial charge in [-0.15, -0.1) is 0 Å². The minimum Gasteiger partial charge on any atom is -0.390 e. The molecule has 2 aliphatic heterocycles. The van der Waals surface area contributed by atoms with Crippen molar-refractivity contribution in [1.29, 1.82) is 0 Å². The summed E-state index contributed by atoms with van der Waals surface area (Å²) in [6.07, 6.45) is 3.86. The van der Waals surface area contributed by atoms with Gasteiger partial charge in [-0.3, -0.25) is 19.5 Å². The molecule has 0 spiro atoms. The van der Waals surface area contributed by atoms with Gasteiger partial charge < -0.3 is 19.9 Å². The van der Waals surface area contributed by atoms with E-state index < -0.39 is 18.2 Å². The largest absolute Gasteiger partial charge is 0.390 e. The quantitative estimate of drug-likeness (QED) is 0.437. The molecule has 8 nitrogen and oxygen atoms in total. The van der Waals surface area contributed by atoms with Crippen LogP contribution in [0.1, 0.15) is 61.5 Å². The Labute approximate surface area is 257 Å². The second-order valence-electron chi connectivity index (χ2n) is 14.3. The Balaban J connectivity index is 1.19. The number of aromatic nitrogens is 1. The first-order valence-electron chi connectivity index (χ1n) is 15.9. The summed E-state index contributed by atoms with van der Waals surface area (Å²) in [7, 11) is 0. The monoisotopic (exact) mass is 593 g/mol. The van der Waals surface area contributed by atoms with Crippen LogP contribution < -0.4 is 10.2 Å². The molecule has 4 fully saturated rings. The maximum absolute atomic E-state index is 14.9. The highest BCUT2D eigenvalue weighted by molar-refractivity contribution is 6.04. The molecule has 2 bridgehead atoms. The normalized spacial score (nSPS) is 33.3. The topological polar surface area (TPSA) is 101 Å². The van der Waals surface area contributed by atoms with Gasteiger partial charge in [0.1, 0.15) is 6.04 Å². The SMILES string of the molecule is CC(C)(C)c1ccc(N(C(=O)C2C3C4C[C@@H]5[C@@H](OC[C@@H]5C23)O4)C(C(=O)N[C@@H]2c3ccccc3C[C@@H]2O)c2cccnc2)cc1. The van der Waals surface area contributed by atoms with Gasteiger partial charge >= 0.3 is 0 Å². The third-order valence-corrected chi connectivity index (χ3v) is 10.8. The Kier molecular flexibility index (Phi) is 6.49. The Bertz CT molecular complexity index is 1590. The molecule has 1 aromatic heterocycles. The standard InChI is InChI=1S/C36H39N3O5/c1-36(2,3)21-10-12-22(13-11-21)39(34(42)30-28-25-18-43-35-24(25)16-27(44-35)29(28)30)32(20-8-6-14-37-17-20)33(41)38-31-23-9-5-4-7-19(23)15-26(31)40/h4-14,17,24-32,35,40H,15-16,18H2,1-3H3,(H,38,41)/t24-,25-,26-,27?,28?,29?,30?,31+,32?,35-/m0/s1. The molecule has 5 unspecified atom stereocenters. The van der Waals surface area contributed by atoms with Gasteiger partial charge in [0.25, 0.3) is 0 Å². The van der Waals surface area contributed by atoms with Gasteiger partial charge in [0.2, 0.25) is 11.8 Å². The van der Waals surface area contributed by atoms with Crippen LogP contribution in [0, 0.1) is 29.6 Å². The molecule has 2 N–H and O–H groups in total. The molecule has 2 amide bonds. The van der Waals surface area contributed by atoms with Gasteiger partial charge in [-0.25, -0.2) is 0 Å². The highest BCUT2D eigenvalue weighted by Crippen LogP contribution is 2.67. The number of aliphatic hydroxyl groups excluding tert-OH is 1. The van der Waals surface area contributed by atoms with Gasteiger partial charge in [-0.05, 0) is 58.6 Å². The highest BCUT2D eigenvalue weighted by atomic mass is 16.7. The minimum atomic E-state index is -0.981. The average molecular weight is 594 g/mol. The molecule has 5 aliphatic rings. The van der Waals surface area contributed by atoms with Crippen LogP contribution in [0.4, 0.5) is 5.69 Å². The summed E-state index contributed by atoms with van der Waals surface area (Å²) in [5, 5.41) is 14.2. The smallest absolute Gasteiger partial charge is 0.248 e. The third kappa shape index (κ3) is 4.41. The number of ether oxygens (including phenoxy) is 2. The minimum absolute atomic E-state index is 0.0152. The van der Waals surface area contributed by atoms with Crippen molar-refractivity contribution in [3.8, 4) is 0 Å². The summed E-state index contributed by atoms with van der Waals surface area (Å²) < 4.78 is 12.2. The first-order chi connectivity index (χ1) is 21.2. The average Bonchev–Trinajstić information content (AvgIpc) is 3.26. The van der Waals surface area contributed by atoms with Crippen LogP contribution in [-0.2, 0) is 30.9 Å². The Morgan fingerprint density at radius 2 is 1.82 bits per heavy atom. The molecule has 44 heavy (non-hydrogen) atoms. The number of fused-ring (bicyclic) bond motifs is 5. The van der Waals surface area contributed by atoms with Crippen molar-refractivity contribution < 1.29 is 24.2 Å². The van der Waals surface area contributed by atoms with E-state index in [-0.39, 0.29) is 47.4 Å². The zero-order valence-electron chi connectivity index (χ0n) is 25.3. The number of carbonyl (C=O) groups is 2. The van der Waals surface area contributed by atoms with E-state index in [0.717, 1.165) is 23.1 Å². The molecule has 2 aromatic carbocycles. The number of nitrogens with zero attached hydrogens (tertiary/aromatic N) is 2. The predicted molar refractivity (Wildman–Crippen MR) is 163 cm³/mol. The lowest BCUT2D eigenvalue weighted by atomic mass is 9.81. The molecule has 2 saturated heterocycles. The van der Waals surface area contributed by atoms with Crippen LogP contribution in [0.5, 0.6) is 0 Å². The van der Waals surface area contributed by atoms with Crippen molar-refractivity contribution in [3.05, 3.63) is 95.3 Å². The maximum atomic E-state index is 14.9. The maximum Gasteiger partial charge on any atom is 0.248 e. The van der Waals surface area contributed by atoms with Crippen LogP contribution >= 0.6 is 0 Å². The summed E-state index contributed by atoms with van der Waals surface area (Å²) >= 11 is 0. The zero-order chi connectivity index (χ0) is 30.3. The lowest BCUT2D eigenvalue weighted by Gasteiger charge is -2.33. The van der Waals surface area contributed by atoms with Crippen LogP contribution in [0.15, 0.2) is 73.1 Å². The van der Waals surface area contributed by atoms with Crippen molar-refractivity contribution in [2.24, 2.45) is 29.6 Å². The molecule has 0 radical (unpaired) electrons. The second kappa shape index (κ2) is 10.2. The molecule has 10 atom stereocenters. The number of hydrogen-bond acceptors (Lipinski definition) is 6. The zero-order valence-corrected chi connectivity index (χ0v) is 25.3. The summed E-state index contributed by atoms with van der Waals surface area (Å²) in [4.78, 5) is 35.5. The highest BCUT2D eigenvalue weighted by Gasteiger charge is 2.72. The van der Waals surface area contributed by atoms with E-state index in [1.807, 2.05) is 54.6 Å². The summed E-state index contributed by atoms with van der Waals surface area (Å²) in [6, 6.07) is 17.9. The fourth-order valence-corrected chi connectivity index (χ4v) is 8.56. The number of amides is 2. The predicted octanol–water partition coefficient (Wildman–Crippen LogP) is 4.48. The van der Waals surface area contributed by atoms with Gasteiger partial charge in [0.15, 0.2) is 6.29 Å². The number of benzene rings is 2. The Morgan fingerprint density at radius 3 is 2.57 bits per heavy atom. The fraction of sp³-hybridized carbons (Fsp3) is 0.472. The van der Waals surface area contributed by atoms with E-state index in [0.29, 0.717) is 36.1 Å². The molecule has 3 aromatic rings. The number of aliphatic hydroxyl groups is 1. The van der Waals surface area contributed by atoms with Crippen molar-refractivity contribution in [3.63, 3.8) is 0 Å². The first kappa shape index (κ1) is 27.9. The Hall–Kier alpha value is -3.59. The number of hydrogen-bond donors (Lipinski definition) is 2. The van der Waals surface area contributed by atoms with Crippen molar-refractivity contribution >= 4 is 17.5 Å². The fourth-order valence-electron chi connectivity index (χ4n) is 8.56.